The van der Waals surface area contributed by atoms with Gasteiger partial charge in [0.25, 0.3) is 0 Å². The summed E-state index contributed by atoms with van der Waals surface area (Å²) in [6, 6.07) is 16.4. The van der Waals surface area contributed by atoms with Crippen LogP contribution in [0.15, 0.2) is 48.5 Å². The largest absolute Gasteiger partial charge is 0.326 e. The first-order valence-electron chi connectivity index (χ1n) is 9.86. The van der Waals surface area contributed by atoms with Gasteiger partial charge in [0.2, 0.25) is 5.91 Å². The van der Waals surface area contributed by atoms with Gasteiger partial charge in [-0.15, -0.1) is 5.92 Å². The van der Waals surface area contributed by atoms with Crippen molar-refractivity contribution in [2.75, 3.05) is 25.0 Å². The normalized spacial score (nSPS) is 13.8. The Bertz CT molecular complexity index is 791. The predicted octanol–water partition coefficient (Wildman–Crippen LogP) is 4.27. The monoisotopic (exact) mass is 360 g/mol. The summed E-state index contributed by atoms with van der Waals surface area (Å²) in [5, 5.41) is 2.95. The molecule has 0 atom stereocenters. The van der Waals surface area contributed by atoms with Crippen molar-refractivity contribution in [1.29, 1.82) is 0 Å². The quantitative estimate of drug-likeness (QED) is 0.748. The molecule has 1 amide bonds. The summed E-state index contributed by atoms with van der Waals surface area (Å²) in [7, 11) is 0. The van der Waals surface area contributed by atoms with Gasteiger partial charge in [0.15, 0.2) is 0 Å². The van der Waals surface area contributed by atoms with Crippen LogP contribution in [0.5, 0.6) is 0 Å². The maximum Gasteiger partial charge on any atom is 0.224 e. The molecule has 27 heavy (non-hydrogen) atoms. The number of hydrogen-bond acceptors (Lipinski definition) is 2. The topological polar surface area (TPSA) is 32.3 Å². The van der Waals surface area contributed by atoms with Crippen LogP contribution >= 0.6 is 0 Å². The van der Waals surface area contributed by atoms with Gasteiger partial charge in [-0.05, 0) is 81.1 Å². The fourth-order valence-electron chi connectivity index (χ4n) is 3.43. The summed E-state index contributed by atoms with van der Waals surface area (Å²) in [6.45, 7) is 5.48. The molecular formula is C24H28N2O. The summed E-state index contributed by atoms with van der Waals surface area (Å²) >= 11 is 0. The molecule has 0 unspecified atom stereocenters. The second-order valence-electron chi connectivity index (χ2n) is 7.12. The molecule has 140 valence electrons. The van der Waals surface area contributed by atoms with Crippen LogP contribution < -0.4 is 5.32 Å². The molecule has 1 heterocycles. The lowest BCUT2D eigenvalue weighted by Crippen LogP contribution is -2.21. The van der Waals surface area contributed by atoms with Gasteiger partial charge >= 0.3 is 0 Å². The van der Waals surface area contributed by atoms with Gasteiger partial charge in [-0.25, -0.2) is 0 Å². The van der Waals surface area contributed by atoms with Crippen LogP contribution in [-0.4, -0.2) is 30.4 Å². The van der Waals surface area contributed by atoms with Crippen molar-refractivity contribution in [2.24, 2.45) is 0 Å². The van der Waals surface area contributed by atoms with Crippen LogP contribution in [0.4, 0.5) is 5.69 Å². The molecule has 2 aromatic rings. The van der Waals surface area contributed by atoms with Crippen molar-refractivity contribution >= 4 is 11.6 Å². The highest BCUT2D eigenvalue weighted by Crippen LogP contribution is 2.13. The van der Waals surface area contributed by atoms with Crippen LogP contribution in [0.2, 0.25) is 0 Å². The Labute approximate surface area is 162 Å². The molecule has 0 bridgehead atoms. The smallest absolute Gasteiger partial charge is 0.224 e. The number of carbonyl (C=O) groups excluding carboxylic acids is 1. The zero-order valence-electron chi connectivity index (χ0n) is 16.1. The highest BCUT2D eigenvalue weighted by Gasteiger charge is 2.10. The van der Waals surface area contributed by atoms with Gasteiger partial charge in [-0.1, -0.05) is 30.2 Å². The summed E-state index contributed by atoms with van der Waals surface area (Å²) in [5.41, 5.74) is 4.37. The van der Waals surface area contributed by atoms with E-state index >= 15 is 0 Å². The average molecular weight is 361 g/mol. The number of anilines is 1. The summed E-state index contributed by atoms with van der Waals surface area (Å²) in [6.07, 6.45) is 5.05. The van der Waals surface area contributed by atoms with Crippen molar-refractivity contribution < 1.29 is 4.79 Å². The minimum Gasteiger partial charge on any atom is -0.326 e. The average Bonchev–Trinajstić information content (AvgIpc) is 3.21. The number of nitrogens with zero attached hydrogens (tertiary/aromatic N) is 1. The Morgan fingerprint density at radius 2 is 1.59 bits per heavy atom. The molecule has 0 aliphatic carbocycles. The number of amides is 1. The Kier molecular flexibility index (Phi) is 7.07. The lowest BCUT2D eigenvalue weighted by Gasteiger charge is -2.14. The van der Waals surface area contributed by atoms with E-state index in [2.05, 4.69) is 46.3 Å². The van der Waals surface area contributed by atoms with E-state index < -0.39 is 0 Å². The van der Waals surface area contributed by atoms with E-state index in [1.165, 1.54) is 37.1 Å². The Hall–Kier alpha value is -2.57. The van der Waals surface area contributed by atoms with Crippen molar-refractivity contribution in [1.82, 2.24) is 4.90 Å². The van der Waals surface area contributed by atoms with E-state index in [0.717, 1.165) is 30.6 Å². The van der Waals surface area contributed by atoms with Gasteiger partial charge in [-0.2, -0.15) is 0 Å². The van der Waals surface area contributed by atoms with Crippen LogP contribution in [0.25, 0.3) is 0 Å². The molecule has 1 fully saturated rings. The van der Waals surface area contributed by atoms with Crippen molar-refractivity contribution in [2.45, 2.75) is 39.0 Å². The number of carbonyl (C=O) groups is 1. The highest BCUT2D eigenvalue weighted by atomic mass is 16.1. The number of likely N-dealkylation sites (tertiary alicyclic amines) is 1. The maximum atomic E-state index is 12.2. The zero-order valence-corrected chi connectivity index (χ0v) is 16.1. The first-order valence-corrected chi connectivity index (χ1v) is 9.86. The Morgan fingerprint density at radius 3 is 2.22 bits per heavy atom. The third-order valence-corrected chi connectivity index (χ3v) is 5.02. The van der Waals surface area contributed by atoms with E-state index in [9.17, 15) is 4.79 Å². The molecule has 3 rings (SSSR count). The molecule has 3 heteroatoms. The van der Waals surface area contributed by atoms with E-state index in [0.29, 0.717) is 6.42 Å². The summed E-state index contributed by atoms with van der Waals surface area (Å²) in [4.78, 5) is 14.7. The van der Waals surface area contributed by atoms with Gasteiger partial charge in [0.1, 0.15) is 0 Å². The van der Waals surface area contributed by atoms with E-state index in [1.807, 2.05) is 31.2 Å². The number of aryl methyl sites for hydroxylation is 1. The molecule has 2 aromatic carbocycles. The SMILES string of the molecule is CC#Cc1ccc(NC(=O)CCc2ccc(CCN3CCCC3)cc2)cc1. The van der Waals surface area contributed by atoms with Crippen LogP contribution in [0, 0.1) is 11.8 Å². The first-order chi connectivity index (χ1) is 13.2. The first kappa shape index (κ1) is 19.2. The van der Waals surface area contributed by atoms with E-state index in [1.54, 1.807) is 0 Å². The van der Waals surface area contributed by atoms with Crippen LogP contribution in [-0.2, 0) is 17.6 Å². The molecule has 0 saturated carbocycles. The second-order valence-corrected chi connectivity index (χ2v) is 7.12. The van der Waals surface area contributed by atoms with Crippen LogP contribution in [0.3, 0.4) is 0 Å². The van der Waals surface area contributed by atoms with Crippen molar-refractivity contribution in [3.05, 3.63) is 65.2 Å². The van der Waals surface area contributed by atoms with Crippen LogP contribution in [0.1, 0.15) is 42.9 Å². The molecule has 3 nitrogen and oxygen atoms in total. The number of rotatable bonds is 7. The molecule has 0 aromatic heterocycles. The minimum absolute atomic E-state index is 0.0439. The van der Waals surface area contributed by atoms with Gasteiger partial charge < -0.3 is 10.2 Å². The van der Waals surface area contributed by atoms with Crippen molar-refractivity contribution in [3.8, 4) is 11.8 Å². The molecule has 1 N–H and O–H groups in total. The Balaban J connectivity index is 1.41. The summed E-state index contributed by atoms with van der Waals surface area (Å²) < 4.78 is 0. The Morgan fingerprint density at radius 1 is 0.963 bits per heavy atom. The lowest BCUT2D eigenvalue weighted by atomic mass is 10.1. The standard InChI is InChI=1S/C24H28N2O/c1-2-5-20-10-13-23(14-11-20)25-24(27)15-12-21-6-8-22(9-7-21)16-19-26-17-3-4-18-26/h6-11,13-14H,3-4,12,15-19H2,1H3,(H,25,27). The second kappa shape index (κ2) is 9.94. The van der Waals surface area contributed by atoms with Crippen molar-refractivity contribution in [3.63, 3.8) is 0 Å². The number of benzene rings is 2. The molecule has 0 radical (unpaired) electrons. The minimum atomic E-state index is 0.0439. The maximum absolute atomic E-state index is 12.2. The third-order valence-electron chi connectivity index (χ3n) is 5.02. The molecule has 0 spiro atoms. The van der Waals surface area contributed by atoms with Gasteiger partial charge in [0, 0.05) is 24.2 Å². The van der Waals surface area contributed by atoms with Gasteiger partial charge in [0.05, 0.1) is 0 Å². The fourth-order valence-corrected chi connectivity index (χ4v) is 3.43. The number of hydrogen-bond donors (Lipinski definition) is 1. The molecular weight excluding hydrogens is 332 g/mol. The zero-order chi connectivity index (χ0) is 18.9. The molecule has 1 saturated heterocycles. The third kappa shape index (κ3) is 6.27. The van der Waals surface area contributed by atoms with E-state index in [4.69, 9.17) is 0 Å². The predicted molar refractivity (Wildman–Crippen MR) is 112 cm³/mol. The summed E-state index contributed by atoms with van der Waals surface area (Å²) in [5.74, 6) is 5.91. The highest BCUT2D eigenvalue weighted by molar-refractivity contribution is 5.90. The lowest BCUT2D eigenvalue weighted by molar-refractivity contribution is -0.116. The molecule has 1 aliphatic heterocycles. The van der Waals surface area contributed by atoms with Gasteiger partial charge in [-0.3, -0.25) is 4.79 Å². The fraction of sp³-hybridized carbons (Fsp3) is 0.375. The number of nitrogens with one attached hydrogen (secondary N) is 1. The molecule has 1 aliphatic rings. The van der Waals surface area contributed by atoms with E-state index in [-0.39, 0.29) is 5.91 Å².